The van der Waals surface area contributed by atoms with Gasteiger partial charge in [-0.05, 0) is 24.3 Å². The Morgan fingerprint density at radius 3 is 2.92 bits per heavy atom. The number of hydrogen-bond donors (Lipinski definition) is 1. The van der Waals surface area contributed by atoms with Gasteiger partial charge in [0.2, 0.25) is 0 Å². The summed E-state index contributed by atoms with van der Waals surface area (Å²) in [7, 11) is 0. The topological polar surface area (TPSA) is 33.1 Å². The second-order valence-corrected chi connectivity index (χ2v) is 3.68. The van der Waals surface area contributed by atoms with E-state index in [9.17, 15) is 5.11 Å². The average molecular weight is 183 g/mol. The molecule has 0 spiro atoms. The molecule has 0 fully saturated rings. The zero-order valence-corrected chi connectivity index (χ0v) is 8.14. The zero-order valence-electron chi connectivity index (χ0n) is 7.32. The van der Waals surface area contributed by atoms with Crippen molar-refractivity contribution in [3.63, 3.8) is 0 Å². The van der Waals surface area contributed by atoms with Gasteiger partial charge in [0.1, 0.15) is 0 Å². The van der Waals surface area contributed by atoms with Crippen LogP contribution < -0.4 is 0 Å². The molecule has 1 aromatic heterocycles. The molecule has 0 saturated heterocycles. The predicted octanol–water partition coefficient (Wildman–Crippen LogP) is 1.79. The lowest BCUT2D eigenvalue weighted by molar-refractivity contribution is 0.203. The van der Waals surface area contributed by atoms with Crippen LogP contribution in [0.4, 0.5) is 0 Å². The molecule has 0 aromatic carbocycles. The van der Waals surface area contributed by atoms with Crippen LogP contribution in [0.3, 0.4) is 0 Å². The van der Waals surface area contributed by atoms with Gasteiger partial charge >= 0.3 is 0 Å². The highest BCUT2D eigenvalue weighted by Crippen LogP contribution is 2.16. The molecular formula is C9H13NOS. The van der Waals surface area contributed by atoms with Crippen LogP contribution in [0.25, 0.3) is 0 Å². The summed E-state index contributed by atoms with van der Waals surface area (Å²) < 4.78 is 0. The minimum absolute atomic E-state index is 0.382. The van der Waals surface area contributed by atoms with Gasteiger partial charge in [-0.2, -0.15) is 11.8 Å². The van der Waals surface area contributed by atoms with Crippen molar-refractivity contribution in [3.8, 4) is 0 Å². The summed E-state index contributed by atoms with van der Waals surface area (Å²) in [6.07, 6.45) is 5.10. The second-order valence-electron chi connectivity index (χ2n) is 2.77. The van der Waals surface area contributed by atoms with Crippen LogP contribution in [0.2, 0.25) is 0 Å². The first-order valence-corrected chi connectivity index (χ1v) is 5.22. The highest BCUT2D eigenvalue weighted by Gasteiger charge is 2.05. The number of nitrogens with zero attached hydrogens (tertiary/aromatic N) is 1. The fourth-order valence-corrected chi connectivity index (χ4v) is 1.52. The molecule has 0 aliphatic carbocycles. The first-order chi connectivity index (χ1) is 5.74. The number of pyridine rings is 1. The summed E-state index contributed by atoms with van der Waals surface area (Å²) in [5, 5.41) is 9.58. The third-order valence-corrected chi connectivity index (χ3v) is 2.25. The Morgan fingerprint density at radius 2 is 2.33 bits per heavy atom. The molecule has 1 unspecified atom stereocenters. The van der Waals surface area contributed by atoms with Gasteiger partial charge in [0.05, 0.1) is 6.10 Å². The molecule has 1 atom stereocenters. The standard InChI is InChI=1S/C9H13NOS/c1-7-3-8(5-10-4-7)9(11)6-12-2/h3-5,9,11H,6H2,1-2H3. The van der Waals surface area contributed by atoms with Crippen LogP contribution in [0, 0.1) is 6.92 Å². The number of thioether (sulfide) groups is 1. The zero-order chi connectivity index (χ0) is 8.97. The molecule has 0 aliphatic rings. The SMILES string of the molecule is CSCC(O)c1cncc(C)c1. The number of rotatable bonds is 3. The lowest BCUT2D eigenvalue weighted by atomic mass is 10.1. The molecule has 0 saturated carbocycles. The van der Waals surface area contributed by atoms with Crippen molar-refractivity contribution in [2.24, 2.45) is 0 Å². The summed E-state index contributed by atoms with van der Waals surface area (Å²) in [5.74, 6) is 0.727. The van der Waals surface area contributed by atoms with E-state index in [0.29, 0.717) is 0 Å². The molecule has 0 bridgehead atoms. The van der Waals surface area contributed by atoms with Gasteiger partial charge in [-0.25, -0.2) is 0 Å². The summed E-state index contributed by atoms with van der Waals surface area (Å²) in [4.78, 5) is 4.02. The van der Waals surface area contributed by atoms with Crippen molar-refractivity contribution in [1.82, 2.24) is 4.98 Å². The van der Waals surface area contributed by atoms with E-state index < -0.39 is 0 Å². The molecule has 66 valence electrons. The molecule has 3 heteroatoms. The highest BCUT2D eigenvalue weighted by atomic mass is 32.2. The second kappa shape index (κ2) is 4.48. The van der Waals surface area contributed by atoms with E-state index in [-0.39, 0.29) is 6.10 Å². The van der Waals surface area contributed by atoms with Gasteiger partial charge < -0.3 is 5.11 Å². The van der Waals surface area contributed by atoms with Crippen molar-refractivity contribution >= 4 is 11.8 Å². The van der Waals surface area contributed by atoms with Gasteiger partial charge in [0, 0.05) is 18.1 Å². The van der Waals surface area contributed by atoms with E-state index in [1.54, 1.807) is 24.2 Å². The van der Waals surface area contributed by atoms with Gasteiger partial charge in [-0.15, -0.1) is 0 Å². The van der Waals surface area contributed by atoms with Crippen LogP contribution in [-0.2, 0) is 0 Å². The van der Waals surface area contributed by atoms with Gasteiger partial charge in [-0.3, -0.25) is 4.98 Å². The molecule has 1 rings (SSSR count). The smallest absolute Gasteiger partial charge is 0.0895 e. The molecular weight excluding hydrogens is 170 g/mol. The Labute approximate surface area is 77.0 Å². The Bertz CT molecular complexity index is 252. The van der Waals surface area contributed by atoms with E-state index in [4.69, 9.17) is 0 Å². The van der Waals surface area contributed by atoms with Crippen molar-refractivity contribution in [1.29, 1.82) is 0 Å². The van der Waals surface area contributed by atoms with Crippen LogP contribution in [-0.4, -0.2) is 22.1 Å². The fraction of sp³-hybridized carbons (Fsp3) is 0.444. The Hall–Kier alpha value is -0.540. The number of aliphatic hydroxyl groups excluding tert-OH is 1. The minimum Gasteiger partial charge on any atom is -0.387 e. The number of aryl methyl sites for hydroxylation is 1. The summed E-state index contributed by atoms with van der Waals surface area (Å²) in [5.41, 5.74) is 2.00. The first kappa shape index (κ1) is 9.55. The van der Waals surface area contributed by atoms with Gasteiger partial charge in [0.15, 0.2) is 0 Å². The Kier molecular flexibility index (Phi) is 3.56. The van der Waals surface area contributed by atoms with E-state index in [2.05, 4.69) is 4.98 Å². The lowest BCUT2D eigenvalue weighted by Crippen LogP contribution is -2.00. The van der Waals surface area contributed by atoms with Gasteiger partial charge in [-0.1, -0.05) is 6.07 Å². The maximum Gasteiger partial charge on any atom is 0.0895 e. The summed E-state index contributed by atoms with van der Waals surface area (Å²) in [6.45, 7) is 1.97. The third-order valence-electron chi connectivity index (χ3n) is 1.61. The lowest BCUT2D eigenvalue weighted by Gasteiger charge is -2.08. The molecule has 0 radical (unpaired) electrons. The van der Waals surface area contributed by atoms with Crippen LogP contribution in [0.1, 0.15) is 17.2 Å². The summed E-state index contributed by atoms with van der Waals surface area (Å²) >= 11 is 1.63. The minimum atomic E-state index is -0.382. The molecule has 0 amide bonds. The van der Waals surface area contributed by atoms with Crippen molar-refractivity contribution < 1.29 is 5.11 Å². The van der Waals surface area contributed by atoms with Gasteiger partial charge in [0.25, 0.3) is 0 Å². The predicted molar refractivity (Wildman–Crippen MR) is 52.3 cm³/mol. The third kappa shape index (κ3) is 2.50. The number of aromatic nitrogens is 1. The molecule has 12 heavy (non-hydrogen) atoms. The van der Waals surface area contributed by atoms with E-state index in [1.807, 2.05) is 19.2 Å². The Balaban J connectivity index is 2.73. The van der Waals surface area contributed by atoms with E-state index >= 15 is 0 Å². The normalized spacial score (nSPS) is 12.9. The Morgan fingerprint density at radius 1 is 1.58 bits per heavy atom. The van der Waals surface area contributed by atoms with Crippen molar-refractivity contribution in [2.45, 2.75) is 13.0 Å². The van der Waals surface area contributed by atoms with Crippen LogP contribution >= 0.6 is 11.8 Å². The first-order valence-electron chi connectivity index (χ1n) is 3.82. The van der Waals surface area contributed by atoms with Crippen LogP contribution in [0.15, 0.2) is 18.5 Å². The molecule has 1 N–H and O–H groups in total. The number of aliphatic hydroxyl groups is 1. The molecule has 1 heterocycles. The van der Waals surface area contributed by atoms with E-state index in [0.717, 1.165) is 16.9 Å². The van der Waals surface area contributed by atoms with E-state index in [1.165, 1.54) is 0 Å². The summed E-state index contributed by atoms with van der Waals surface area (Å²) in [6, 6.07) is 1.97. The van der Waals surface area contributed by atoms with Crippen molar-refractivity contribution in [2.75, 3.05) is 12.0 Å². The fourth-order valence-electron chi connectivity index (χ4n) is 1.01. The van der Waals surface area contributed by atoms with Crippen LogP contribution in [0.5, 0.6) is 0 Å². The molecule has 2 nitrogen and oxygen atoms in total. The maximum atomic E-state index is 9.58. The highest BCUT2D eigenvalue weighted by molar-refractivity contribution is 7.98. The maximum absolute atomic E-state index is 9.58. The number of hydrogen-bond acceptors (Lipinski definition) is 3. The monoisotopic (exact) mass is 183 g/mol. The molecule has 0 aliphatic heterocycles. The largest absolute Gasteiger partial charge is 0.387 e. The van der Waals surface area contributed by atoms with Crippen molar-refractivity contribution in [3.05, 3.63) is 29.6 Å². The quantitative estimate of drug-likeness (QED) is 0.775. The molecule has 1 aromatic rings. The average Bonchev–Trinajstić information content (AvgIpc) is 2.05.